The molecule has 0 radical (unpaired) electrons. The van der Waals surface area contributed by atoms with Gasteiger partial charge in [0.1, 0.15) is 5.84 Å². The number of rotatable bonds is 6. The molecule has 1 aromatic carbocycles. The van der Waals surface area contributed by atoms with Gasteiger partial charge in [-0.25, -0.2) is 8.42 Å². The maximum atomic E-state index is 12.9. The molecule has 5 aliphatic rings. The molecule has 4 fully saturated rings. The minimum absolute atomic E-state index is 0.0375. The second-order valence-electron chi connectivity index (χ2n) is 9.89. The number of benzene rings is 1. The van der Waals surface area contributed by atoms with Crippen molar-refractivity contribution < 1.29 is 22.7 Å². The molecular formula is C23H29N3O5S. The van der Waals surface area contributed by atoms with Crippen LogP contribution in [0, 0.1) is 23.2 Å². The van der Waals surface area contributed by atoms with Crippen LogP contribution in [0.4, 0.5) is 5.69 Å². The summed E-state index contributed by atoms with van der Waals surface area (Å²) in [4.78, 5) is 29.5. The van der Waals surface area contributed by atoms with Crippen LogP contribution in [0.5, 0.6) is 0 Å². The number of amidine groups is 1. The van der Waals surface area contributed by atoms with Crippen molar-refractivity contribution in [3.8, 4) is 0 Å². The van der Waals surface area contributed by atoms with E-state index in [4.69, 9.17) is 4.74 Å². The Labute approximate surface area is 188 Å². The second kappa shape index (κ2) is 8.17. The summed E-state index contributed by atoms with van der Waals surface area (Å²) in [6.45, 7) is 0.253. The molecule has 4 saturated carbocycles. The van der Waals surface area contributed by atoms with E-state index >= 15 is 0 Å². The van der Waals surface area contributed by atoms with E-state index in [1.165, 1.54) is 31.4 Å². The van der Waals surface area contributed by atoms with Gasteiger partial charge in [0, 0.05) is 18.7 Å². The topological polar surface area (TPSA) is 114 Å². The van der Waals surface area contributed by atoms with E-state index in [2.05, 4.69) is 15.0 Å². The first-order valence-electron chi connectivity index (χ1n) is 11.4. The Morgan fingerprint density at radius 1 is 1.09 bits per heavy atom. The Balaban J connectivity index is 1.18. The fraction of sp³-hybridized carbons (Fsp3) is 0.609. The maximum Gasteiger partial charge on any atom is 0.312 e. The summed E-state index contributed by atoms with van der Waals surface area (Å²) >= 11 is 0. The molecule has 4 bridgehead atoms. The zero-order valence-electron chi connectivity index (χ0n) is 18.0. The maximum absolute atomic E-state index is 12.9. The van der Waals surface area contributed by atoms with Crippen LogP contribution in [-0.2, 0) is 24.3 Å². The normalized spacial score (nSPS) is 30.6. The fourth-order valence-corrected chi connectivity index (χ4v) is 7.55. The number of aliphatic imine (C=N–C) groups is 1. The molecule has 1 heterocycles. The van der Waals surface area contributed by atoms with E-state index in [9.17, 15) is 18.0 Å². The van der Waals surface area contributed by atoms with Gasteiger partial charge in [-0.05, 0) is 80.9 Å². The van der Waals surface area contributed by atoms with Gasteiger partial charge >= 0.3 is 5.97 Å². The zero-order chi connectivity index (χ0) is 22.3. The van der Waals surface area contributed by atoms with E-state index < -0.39 is 21.3 Å². The molecule has 9 heteroatoms. The molecule has 0 aromatic heterocycles. The first-order valence-corrected chi connectivity index (χ1v) is 12.9. The quantitative estimate of drug-likeness (QED) is 0.635. The highest BCUT2D eigenvalue weighted by molar-refractivity contribution is 7.90. The smallest absolute Gasteiger partial charge is 0.312 e. The molecule has 0 saturated heterocycles. The molecule has 2 N–H and O–H groups in total. The van der Waals surface area contributed by atoms with Crippen LogP contribution in [0.2, 0.25) is 0 Å². The summed E-state index contributed by atoms with van der Waals surface area (Å²) in [7, 11) is -3.77. The van der Waals surface area contributed by atoms with Gasteiger partial charge in [0.15, 0.2) is 6.61 Å². The zero-order valence-corrected chi connectivity index (χ0v) is 18.8. The van der Waals surface area contributed by atoms with Gasteiger partial charge in [0.25, 0.3) is 15.9 Å². The van der Waals surface area contributed by atoms with Crippen LogP contribution in [-0.4, -0.2) is 39.3 Å². The van der Waals surface area contributed by atoms with E-state index in [0.29, 0.717) is 42.2 Å². The Morgan fingerprint density at radius 2 is 1.78 bits per heavy atom. The summed E-state index contributed by atoms with van der Waals surface area (Å²) in [6, 6.07) is 6.00. The van der Waals surface area contributed by atoms with Crippen LogP contribution in [0.3, 0.4) is 0 Å². The molecule has 8 nitrogen and oxygen atoms in total. The second-order valence-corrected chi connectivity index (χ2v) is 11.6. The average molecular weight is 460 g/mol. The van der Waals surface area contributed by atoms with Crippen molar-refractivity contribution in [3.05, 3.63) is 24.3 Å². The number of hydrogen-bond acceptors (Lipinski definition) is 6. The van der Waals surface area contributed by atoms with Crippen molar-refractivity contribution in [2.75, 3.05) is 18.5 Å². The molecule has 1 aromatic rings. The number of anilines is 1. The number of carbonyl (C=O) groups is 2. The first-order chi connectivity index (χ1) is 15.3. The molecular weight excluding hydrogens is 430 g/mol. The van der Waals surface area contributed by atoms with Gasteiger partial charge in [-0.3, -0.25) is 19.3 Å². The summed E-state index contributed by atoms with van der Waals surface area (Å²) in [5, 5.41) is 2.64. The number of nitrogens with zero attached hydrogens (tertiary/aromatic N) is 1. The van der Waals surface area contributed by atoms with E-state index in [-0.39, 0.29) is 17.5 Å². The van der Waals surface area contributed by atoms with E-state index in [0.717, 1.165) is 25.7 Å². The number of esters is 1. The van der Waals surface area contributed by atoms with Gasteiger partial charge < -0.3 is 10.1 Å². The molecule has 0 unspecified atom stereocenters. The SMILES string of the molecule is O=C(COC(=O)C12CC3CC(CC(C3)C1)C2)Nc1cccc(S(=O)(=O)NC2=NCCC2)c1. The van der Waals surface area contributed by atoms with Gasteiger partial charge in [0.2, 0.25) is 0 Å². The first kappa shape index (κ1) is 21.4. The Hall–Kier alpha value is -2.42. The van der Waals surface area contributed by atoms with E-state index in [1.807, 2.05) is 0 Å². The molecule has 6 rings (SSSR count). The molecule has 172 valence electrons. The van der Waals surface area contributed by atoms with Gasteiger partial charge in [-0.15, -0.1) is 0 Å². The largest absolute Gasteiger partial charge is 0.455 e. The number of amides is 1. The predicted octanol–water partition coefficient (Wildman–Crippen LogP) is 2.86. The highest BCUT2D eigenvalue weighted by Crippen LogP contribution is 2.60. The van der Waals surface area contributed by atoms with Gasteiger partial charge in [-0.2, -0.15) is 0 Å². The number of ether oxygens (including phenoxy) is 1. The lowest BCUT2D eigenvalue weighted by Crippen LogP contribution is -2.50. The monoisotopic (exact) mass is 459 g/mol. The summed E-state index contributed by atoms with van der Waals surface area (Å²) < 4.78 is 33.1. The molecule has 1 amide bonds. The van der Waals surface area contributed by atoms with Crippen molar-refractivity contribution in [1.29, 1.82) is 0 Å². The minimum Gasteiger partial charge on any atom is -0.455 e. The van der Waals surface area contributed by atoms with Crippen molar-refractivity contribution in [2.45, 2.75) is 56.3 Å². The lowest BCUT2D eigenvalue weighted by atomic mass is 9.49. The minimum atomic E-state index is -3.77. The Morgan fingerprint density at radius 3 is 2.41 bits per heavy atom. The number of nitrogens with one attached hydrogen (secondary N) is 2. The predicted molar refractivity (Wildman–Crippen MR) is 118 cm³/mol. The van der Waals surface area contributed by atoms with Crippen molar-refractivity contribution in [2.24, 2.45) is 28.2 Å². The van der Waals surface area contributed by atoms with Crippen LogP contribution >= 0.6 is 0 Å². The Bertz CT molecular complexity index is 1030. The number of hydrogen-bond donors (Lipinski definition) is 2. The van der Waals surface area contributed by atoms with Crippen LogP contribution in [0.1, 0.15) is 51.4 Å². The van der Waals surface area contributed by atoms with Gasteiger partial charge in [0.05, 0.1) is 10.3 Å². The van der Waals surface area contributed by atoms with Crippen LogP contribution < -0.4 is 10.0 Å². The lowest BCUT2D eigenvalue weighted by molar-refractivity contribution is -0.172. The van der Waals surface area contributed by atoms with Crippen molar-refractivity contribution in [3.63, 3.8) is 0 Å². The average Bonchev–Trinajstić information content (AvgIpc) is 3.23. The van der Waals surface area contributed by atoms with E-state index in [1.54, 1.807) is 12.1 Å². The summed E-state index contributed by atoms with van der Waals surface area (Å²) in [6.07, 6.45) is 7.78. The summed E-state index contributed by atoms with van der Waals surface area (Å²) in [5.74, 6) is 1.59. The lowest BCUT2D eigenvalue weighted by Gasteiger charge is -2.55. The number of carbonyl (C=O) groups excluding carboxylic acids is 2. The molecule has 1 aliphatic heterocycles. The van der Waals surface area contributed by atoms with Crippen LogP contribution in [0.15, 0.2) is 34.2 Å². The Kier molecular flexibility index (Phi) is 5.47. The fourth-order valence-electron chi connectivity index (χ4n) is 6.42. The third-order valence-electron chi connectivity index (χ3n) is 7.36. The van der Waals surface area contributed by atoms with Gasteiger partial charge in [-0.1, -0.05) is 6.07 Å². The molecule has 4 aliphatic carbocycles. The molecule has 0 atom stereocenters. The number of sulfonamides is 1. The third kappa shape index (κ3) is 4.27. The standard InChI is InChI=1S/C23H29N3O5S/c27-21(14-31-22(28)23-11-15-7-16(12-23)9-17(8-15)13-23)25-18-3-1-4-19(10-18)32(29,30)26-20-5-2-6-24-20/h1,3-4,10,15-17H,2,5-9,11-14H2,(H,24,26)(H,25,27). The third-order valence-corrected chi connectivity index (χ3v) is 8.74. The summed E-state index contributed by atoms with van der Waals surface area (Å²) in [5.41, 5.74) is -0.0745. The van der Waals surface area contributed by atoms with Crippen molar-refractivity contribution in [1.82, 2.24) is 4.72 Å². The molecule has 32 heavy (non-hydrogen) atoms. The molecule has 0 spiro atoms. The highest BCUT2D eigenvalue weighted by atomic mass is 32.2. The van der Waals surface area contributed by atoms with Crippen LogP contribution in [0.25, 0.3) is 0 Å². The van der Waals surface area contributed by atoms with Crippen molar-refractivity contribution >= 4 is 33.4 Å². The highest BCUT2D eigenvalue weighted by Gasteiger charge is 2.55.